The standard InChI is InChI=1S/C23H30N4O3/c28-13-15-30-14-10-25-22(29)19-6-9-24-21(16-19)27-12-8-23(18-27)7-11-26(17-23)20-4-2-1-3-5-20/h1-6,9,16,28H,7-8,10-15,17-18H2,(H,25,29). The van der Waals surface area contributed by atoms with Crippen molar-refractivity contribution in [3.63, 3.8) is 0 Å². The summed E-state index contributed by atoms with van der Waals surface area (Å²) in [5.41, 5.74) is 2.20. The van der Waals surface area contributed by atoms with E-state index < -0.39 is 0 Å². The maximum Gasteiger partial charge on any atom is 0.251 e. The maximum absolute atomic E-state index is 12.4. The molecule has 30 heavy (non-hydrogen) atoms. The van der Waals surface area contributed by atoms with Gasteiger partial charge < -0.3 is 25.0 Å². The molecule has 7 heteroatoms. The summed E-state index contributed by atoms with van der Waals surface area (Å²) >= 11 is 0. The Morgan fingerprint density at radius 2 is 1.87 bits per heavy atom. The van der Waals surface area contributed by atoms with Gasteiger partial charge in [0.1, 0.15) is 5.82 Å². The predicted octanol–water partition coefficient (Wildman–Crippen LogP) is 1.93. The van der Waals surface area contributed by atoms with Crippen molar-refractivity contribution in [2.75, 3.05) is 62.3 Å². The number of para-hydroxylation sites is 1. The minimum atomic E-state index is -0.128. The number of aliphatic hydroxyl groups is 1. The molecule has 1 spiro atoms. The number of hydrogen-bond donors (Lipinski definition) is 2. The van der Waals surface area contributed by atoms with Crippen LogP contribution in [0.15, 0.2) is 48.7 Å². The molecule has 1 atom stereocenters. The summed E-state index contributed by atoms with van der Waals surface area (Å²) in [5, 5.41) is 11.6. The van der Waals surface area contributed by atoms with Gasteiger partial charge >= 0.3 is 0 Å². The van der Waals surface area contributed by atoms with Gasteiger partial charge in [0.05, 0.1) is 19.8 Å². The molecule has 0 radical (unpaired) electrons. The molecule has 0 bridgehead atoms. The fourth-order valence-electron chi connectivity index (χ4n) is 4.50. The van der Waals surface area contributed by atoms with Gasteiger partial charge in [-0.05, 0) is 37.1 Å². The van der Waals surface area contributed by atoms with Crippen LogP contribution < -0.4 is 15.1 Å². The fourth-order valence-corrected chi connectivity index (χ4v) is 4.50. The van der Waals surface area contributed by atoms with Crippen molar-refractivity contribution < 1.29 is 14.6 Å². The predicted molar refractivity (Wildman–Crippen MR) is 117 cm³/mol. The Morgan fingerprint density at radius 1 is 1.10 bits per heavy atom. The summed E-state index contributed by atoms with van der Waals surface area (Å²) in [6.07, 6.45) is 4.05. The van der Waals surface area contributed by atoms with E-state index >= 15 is 0 Å². The minimum absolute atomic E-state index is 0.0118. The van der Waals surface area contributed by atoms with Gasteiger partial charge in [0, 0.05) is 55.6 Å². The number of nitrogens with zero attached hydrogens (tertiary/aromatic N) is 3. The van der Waals surface area contributed by atoms with Crippen molar-refractivity contribution in [2.45, 2.75) is 12.8 Å². The average Bonchev–Trinajstić information content (AvgIpc) is 3.41. The fraction of sp³-hybridized carbons (Fsp3) is 0.478. The van der Waals surface area contributed by atoms with Crippen LogP contribution in [0.4, 0.5) is 11.5 Å². The zero-order valence-corrected chi connectivity index (χ0v) is 17.3. The third-order valence-corrected chi connectivity index (χ3v) is 6.10. The average molecular weight is 411 g/mol. The number of carbonyl (C=O) groups is 1. The molecule has 0 saturated carbocycles. The van der Waals surface area contributed by atoms with Crippen molar-refractivity contribution in [3.8, 4) is 0 Å². The van der Waals surface area contributed by atoms with Gasteiger partial charge in [0.2, 0.25) is 0 Å². The quantitative estimate of drug-likeness (QED) is 0.648. The van der Waals surface area contributed by atoms with Crippen LogP contribution in [0.1, 0.15) is 23.2 Å². The number of nitrogens with one attached hydrogen (secondary N) is 1. The van der Waals surface area contributed by atoms with E-state index in [-0.39, 0.29) is 19.1 Å². The Kier molecular flexibility index (Phi) is 6.50. The van der Waals surface area contributed by atoms with Gasteiger partial charge in [-0.15, -0.1) is 0 Å². The lowest BCUT2D eigenvalue weighted by Gasteiger charge is -2.26. The Hall–Kier alpha value is -2.64. The highest BCUT2D eigenvalue weighted by atomic mass is 16.5. The van der Waals surface area contributed by atoms with Crippen LogP contribution in [0, 0.1) is 5.41 Å². The third kappa shape index (κ3) is 4.74. The molecule has 2 aromatic rings. The highest BCUT2D eigenvalue weighted by molar-refractivity contribution is 5.94. The lowest BCUT2D eigenvalue weighted by atomic mass is 9.86. The van der Waals surface area contributed by atoms with Crippen molar-refractivity contribution in [3.05, 3.63) is 54.2 Å². The zero-order chi connectivity index (χ0) is 20.8. The van der Waals surface area contributed by atoms with E-state index in [0.29, 0.717) is 24.1 Å². The molecule has 1 aromatic carbocycles. The normalized spacial score (nSPS) is 20.8. The second-order valence-corrected chi connectivity index (χ2v) is 8.17. The maximum atomic E-state index is 12.4. The van der Waals surface area contributed by atoms with Gasteiger partial charge in [-0.25, -0.2) is 4.98 Å². The molecule has 2 saturated heterocycles. The Morgan fingerprint density at radius 3 is 2.67 bits per heavy atom. The number of aliphatic hydroxyl groups excluding tert-OH is 1. The SMILES string of the molecule is O=C(NCCOCCO)c1ccnc(N2CCC3(CCN(c4ccccc4)C3)C2)c1. The molecular formula is C23H30N4O3. The van der Waals surface area contributed by atoms with Crippen LogP contribution in [0.3, 0.4) is 0 Å². The third-order valence-electron chi connectivity index (χ3n) is 6.10. The molecule has 3 heterocycles. The number of benzene rings is 1. The molecule has 7 nitrogen and oxygen atoms in total. The van der Waals surface area contributed by atoms with Gasteiger partial charge in [-0.3, -0.25) is 4.79 Å². The van der Waals surface area contributed by atoms with Crippen molar-refractivity contribution in [1.82, 2.24) is 10.3 Å². The Bertz CT molecular complexity index is 847. The minimum Gasteiger partial charge on any atom is -0.394 e. The largest absolute Gasteiger partial charge is 0.394 e. The van der Waals surface area contributed by atoms with E-state index in [2.05, 4.69) is 50.4 Å². The Labute approximate surface area is 177 Å². The monoisotopic (exact) mass is 410 g/mol. The molecule has 4 rings (SSSR count). The highest BCUT2D eigenvalue weighted by Crippen LogP contribution is 2.42. The van der Waals surface area contributed by atoms with Gasteiger partial charge in [-0.1, -0.05) is 18.2 Å². The first kappa shape index (κ1) is 20.6. The zero-order valence-electron chi connectivity index (χ0n) is 17.3. The van der Waals surface area contributed by atoms with Crippen molar-refractivity contribution in [1.29, 1.82) is 0 Å². The topological polar surface area (TPSA) is 77.9 Å². The van der Waals surface area contributed by atoms with Crippen molar-refractivity contribution >= 4 is 17.4 Å². The number of hydrogen-bond acceptors (Lipinski definition) is 6. The number of aromatic nitrogens is 1. The first-order valence-corrected chi connectivity index (χ1v) is 10.7. The first-order valence-electron chi connectivity index (χ1n) is 10.7. The molecule has 1 aromatic heterocycles. The molecule has 2 N–H and O–H groups in total. The van der Waals surface area contributed by atoms with Crippen LogP contribution >= 0.6 is 0 Å². The second kappa shape index (κ2) is 9.45. The number of pyridine rings is 1. The van der Waals surface area contributed by atoms with Gasteiger partial charge in [0.25, 0.3) is 5.91 Å². The first-order chi connectivity index (χ1) is 14.7. The second-order valence-electron chi connectivity index (χ2n) is 8.17. The molecule has 2 fully saturated rings. The molecule has 160 valence electrons. The summed E-state index contributed by atoms with van der Waals surface area (Å²) in [6, 6.07) is 14.2. The van der Waals surface area contributed by atoms with E-state index in [0.717, 1.165) is 38.4 Å². The molecule has 1 amide bonds. The van der Waals surface area contributed by atoms with Crippen LogP contribution in [0.2, 0.25) is 0 Å². The Balaban J connectivity index is 1.34. The summed E-state index contributed by atoms with van der Waals surface area (Å²) in [6.45, 7) is 5.18. The van der Waals surface area contributed by atoms with E-state index in [1.165, 1.54) is 12.1 Å². The number of ether oxygens (including phenoxy) is 1. The highest BCUT2D eigenvalue weighted by Gasteiger charge is 2.43. The molecule has 2 aliphatic rings. The molecule has 1 unspecified atom stereocenters. The molecular weight excluding hydrogens is 380 g/mol. The molecule has 0 aliphatic carbocycles. The van der Waals surface area contributed by atoms with Gasteiger partial charge in [-0.2, -0.15) is 0 Å². The summed E-state index contributed by atoms with van der Waals surface area (Å²) in [5.74, 6) is 0.741. The van der Waals surface area contributed by atoms with E-state index in [1.807, 2.05) is 6.07 Å². The van der Waals surface area contributed by atoms with E-state index in [1.54, 1.807) is 12.3 Å². The van der Waals surface area contributed by atoms with Crippen LogP contribution in [-0.4, -0.2) is 68.5 Å². The van der Waals surface area contributed by atoms with Crippen LogP contribution in [-0.2, 0) is 4.74 Å². The number of amides is 1. The lowest BCUT2D eigenvalue weighted by molar-refractivity contribution is 0.0838. The summed E-state index contributed by atoms with van der Waals surface area (Å²) in [7, 11) is 0. The van der Waals surface area contributed by atoms with Crippen LogP contribution in [0.5, 0.6) is 0 Å². The smallest absolute Gasteiger partial charge is 0.251 e. The van der Waals surface area contributed by atoms with Crippen molar-refractivity contribution in [2.24, 2.45) is 5.41 Å². The van der Waals surface area contributed by atoms with Crippen LogP contribution in [0.25, 0.3) is 0 Å². The summed E-state index contributed by atoms with van der Waals surface area (Å²) in [4.78, 5) is 21.8. The van der Waals surface area contributed by atoms with Gasteiger partial charge in [0.15, 0.2) is 0 Å². The van der Waals surface area contributed by atoms with E-state index in [4.69, 9.17) is 9.84 Å². The lowest BCUT2D eigenvalue weighted by Crippen LogP contribution is -2.31. The van der Waals surface area contributed by atoms with E-state index in [9.17, 15) is 4.79 Å². The molecule has 2 aliphatic heterocycles. The number of anilines is 2. The number of carbonyl (C=O) groups excluding carboxylic acids is 1. The number of rotatable bonds is 8. The summed E-state index contributed by atoms with van der Waals surface area (Å²) < 4.78 is 5.18.